The number of hydrogen-bond acceptors (Lipinski definition) is 9. The van der Waals surface area contributed by atoms with Gasteiger partial charge in [0.05, 0.1) is 39.6 Å². The summed E-state index contributed by atoms with van der Waals surface area (Å²) >= 11 is 0. The van der Waals surface area contributed by atoms with E-state index in [1.807, 2.05) is 24.5 Å². The maximum Gasteiger partial charge on any atom is 0.123 e. The van der Waals surface area contributed by atoms with Gasteiger partial charge in [0.2, 0.25) is 0 Å². The molecule has 1 aliphatic carbocycles. The number of rotatable bonds is 8. The normalized spacial score (nSPS) is 16.0. The molecule has 10 heteroatoms. The number of nitrogens with one attached hydrogen (secondary N) is 4. The van der Waals surface area contributed by atoms with Crippen molar-refractivity contribution in [3.05, 3.63) is 107 Å². The van der Waals surface area contributed by atoms with E-state index in [2.05, 4.69) is 75.5 Å². The summed E-state index contributed by atoms with van der Waals surface area (Å²) in [7, 11) is 0. The predicted octanol–water partition coefficient (Wildman–Crippen LogP) is 5.98. The largest absolute Gasteiger partial charge is 0.383 e. The van der Waals surface area contributed by atoms with Crippen LogP contribution in [-0.2, 0) is 5.54 Å². The summed E-state index contributed by atoms with van der Waals surface area (Å²) < 4.78 is 14.0. The molecule has 1 fully saturated rings. The molecule has 2 aliphatic rings. The SMILES string of the molecule is CC(C)(C)CNc1c(C#N)cnc2c(C#N)cc(N[C@H](C3=CN(C4(c5cccnc5)CC4)NN3)c3ccc(F)cc3)cc12. The van der Waals surface area contributed by atoms with Crippen molar-refractivity contribution in [2.75, 3.05) is 17.2 Å². The number of nitriles is 2. The third-order valence-electron chi connectivity index (χ3n) is 7.81. The molecule has 4 aromatic rings. The molecule has 9 nitrogen and oxygen atoms in total. The van der Waals surface area contributed by atoms with E-state index in [1.54, 1.807) is 24.4 Å². The van der Waals surface area contributed by atoms with Gasteiger partial charge < -0.3 is 16.1 Å². The second-order valence-corrected chi connectivity index (χ2v) is 12.2. The highest BCUT2D eigenvalue weighted by Crippen LogP contribution is 2.51. The Balaban J connectivity index is 1.41. The van der Waals surface area contributed by atoms with E-state index in [4.69, 9.17) is 0 Å². The molecule has 4 N–H and O–H groups in total. The first-order valence-corrected chi connectivity index (χ1v) is 14.2. The smallest absolute Gasteiger partial charge is 0.123 e. The van der Waals surface area contributed by atoms with E-state index in [1.165, 1.54) is 18.3 Å². The van der Waals surface area contributed by atoms with Gasteiger partial charge in [-0.15, -0.1) is 5.53 Å². The molecule has 1 aliphatic heterocycles. The van der Waals surface area contributed by atoms with Gasteiger partial charge >= 0.3 is 0 Å². The van der Waals surface area contributed by atoms with Crippen molar-refractivity contribution in [1.82, 2.24) is 25.9 Å². The fraction of sp³-hybridized carbons (Fsp3) is 0.273. The van der Waals surface area contributed by atoms with Gasteiger partial charge in [0.1, 0.15) is 18.0 Å². The van der Waals surface area contributed by atoms with Crippen LogP contribution in [-0.4, -0.2) is 21.5 Å². The molecule has 0 saturated heterocycles. The van der Waals surface area contributed by atoms with Crippen LogP contribution in [0.2, 0.25) is 0 Å². The molecule has 6 rings (SSSR count). The quantitative estimate of drug-likeness (QED) is 0.201. The molecular weight excluding hydrogens is 541 g/mol. The zero-order valence-corrected chi connectivity index (χ0v) is 24.2. The third kappa shape index (κ3) is 5.53. The molecule has 1 atom stereocenters. The van der Waals surface area contributed by atoms with Gasteiger partial charge in [0.15, 0.2) is 0 Å². The molecule has 0 radical (unpaired) electrons. The Hall–Kier alpha value is -5.19. The van der Waals surface area contributed by atoms with E-state index in [-0.39, 0.29) is 16.8 Å². The Morgan fingerprint density at radius 2 is 1.84 bits per heavy atom. The van der Waals surface area contributed by atoms with Crippen LogP contribution in [0.4, 0.5) is 15.8 Å². The van der Waals surface area contributed by atoms with Crippen molar-refractivity contribution in [1.29, 1.82) is 10.5 Å². The Kier molecular flexibility index (Phi) is 7.09. The summed E-state index contributed by atoms with van der Waals surface area (Å²) in [5.74, 6) is -0.328. The molecule has 0 unspecified atom stereocenters. The molecule has 1 saturated carbocycles. The number of pyridine rings is 2. The highest BCUT2D eigenvalue weighted by molar-refractivity contribution is 5.99. The van der Waals surface area contributed by atoms with Crippen LogP contribution in [0.15, 0.2) is 79.0 Å². The summed E-state index contributed by atoms with van der Waals surface area (Å²) in [5.41, 5.74) is 11.7. The summed E-state index contributed by atoms with van der Waals surface area (Å²) in [4.78, 5) is 8.78. The Morgan fingerprint density at radius 3 is 2.49 bits per heavy atom. The van der Waals surface area contributed by atoms with E-state index < -0.39 is 6.04 Å². The molecule has 0 amide bonds. The second kappa shape index (κ2) is 10.9. The zero-order valence-electron chi connectivity index (χ0n) is 24.2. The van der Waals surface area contributed by atoms with Gasteiger partial charge in [-0.3, -0.25) is 15.0 Å². The summed E-state index contributed by atoms with van der Waals surface area (Å²) in [6.07, 6.45) is 9.14. The van der Waals surface area contributed by atoms with Gasteiger partial charge in [0.25, 0.3) is 0 Å². The maximum absolute atomic E-state index is 14.0. The van der Waals surface area contributed by atoms with Crippen LogP contribution >= 0.6 is 0 Å². The number of fused-ring (bicyclic) bond motifs is 1. The molecule has 0 spiro atoms. The molecule has 0 bridgehead atoms. The standard InChI is InChI=1S/C33H32FN9/c1-32(2,3)20-39-30-23(16-36)17-38-29-22(15-35)13-26(14-27(29)30)40-31(21-6-8-25(34)9-7-21)28-19-43(42-41-28)33(10-11-33)24-5-4-12-37-18-24/h4-9,12-14,17-19,31,40-42H,10-11,20H2,1-3H3,(H,38,39)/t31-/m0/s1. The Labute approximate surface area is 250 Å². The topological polar surface area (TPSA) is 125 Å². The second-order valence-electron chi connectivity index (χ2n) is 12.2. The van der Waals surface area contributed by atoms with Crippen molar-refractivity contribution < 1.29 is 4.39 Å². The predicted molar refractivity (Wildman–Crippen MR) is 163 cm³/mol. The van der Waals surface area contributed by atoms with Gasteiger partial charge in [-0.2, -0.15) is 10.5 Å². The van der Waals surface area contributed by atoms with E-state index in [0.717, 1.165) is 29.7 Å². The van der Waals surface area contributed by atoms with Gasteiger partial charge in [0, 0.05) is 42.4 Å². The van der Waals surface area contributed by atoms with E-state index in [9.17, 15) is 14.9 Å². The lowest BCUT2D eigenvalue weighted by Gasteiger charge is -2.27. The van der Waals surface area contributed by atoms with E-state index in [0.29, 0.717) is 39.9 Å². The molecular formula is C33H32FN9. The number of halogens is 1. The number of aromatic nitrogens is 2. The first-order chi connectivity index (χ1) is 20.7. The average molecular weight is 574 g/mol. The van der Waals surface area contributed by atoms with Crippen LogP contribution in [0.25, 0.3) is 10.9 Å². The fourth-order valence-electron chi connectivity index (χ4n) is 5.39. The minimum Gasteiger partial charge on any atom is -0.383 e. The van der Waals surface area contributed by atoms with Crippen LogP contribution in [0, 0.1) is 33.9 Å². The molecule has 3 heterocycles. The molecule has 216 valence electrons. The lowest BCUT2D eigenvalue weighted by atomic mass is 9.96. The van der Waals surface area contributed by atoms with Crippen molar-refractivity contribution in [2.45, 2.75) is 45.2 Å². The summed E-state index contributed by atoms with van der Waals surface area (Å²) in [6.45, 7) is 6.94. The van der Waals surface area contributed by atoms with Crippen LogP contribution in [0.5, 0.6) is 0 Å². The van der Waals surface area contributed by atoms with Crippen LogP contribution < -0.4 is 21.6 Å². The monoisotopic (exact) mass is 573 g/mol. The maximum atomic E-state index is 14.0. The number of hydrogen-bond donors (Lipinski definition) is 4. The number of nitrogens with zero attached hydrogens (tertiary/aromatic N) is 5. The van der Waals surface area contributed by atoms with Crippen molar-refractivity contribution in [3.63, 3.8) is 0 Å². The highest BCUT2D eigenvalue weighted by Gasteiger charge is 2.51. The van der Waals surface area contributed by atoms with Crippen molar-refractivity contribution >= 4 is 22.3 Å². The van der Waals surface area contributed by atoms with Crippen molar-refractivity contribution in [3.8, 4) is 12.1 Å². The number of hydrazine groups is 2. The lowest BCUT2D eigenvalue weighted by molar-refractivity contribution is 0.176. The van der Waals surface area contributed by atoms with Crippen molar-refractivity contribution in [2.24, 2.45) is 5.41 Å². The van der Waals surface area contributed by atoms with Gasteiger partial charge in [-0.05, 0) is 59.7 Å². The first kappa shape index (κ1) is 28.0. The summed E-state index contributed by atoms with van der Waals surface area (Å²) in [5, 5.41) is 29.7. The highest BCUT2D eigenvalue weighted by atomic mass is 19.1. The first-order valence-electron chi connectivity index (χ1n) is 14.2. The fourth-order valence-corrected chi connectivity index (χ4v) is 5.39. The lowest BCUT2D eigenvalue weighted by Crippen LogP contribution is -2.43. The number of anilines is 2. The minimum absolute atomic E-state index is 0.0435. The average Bonchev–Trinajstić information content (AvgIpc) is 3.68. The van der Waals surface area contributed by atoms with Crippen LogP contribution in [0.1, 0.15) is 61.9 Å². The third-order valence-corrected chi connectivity index (χ3v) is 7.81. The molecule has 2 aromatic carbocycles. The summed E-state index contributed by atoms with van der Waals surface area (Å²) in [6, 6.07) is 18.1. The zero-order chi connectivity index (χ0) is 30.2. The number of benzene rings is 2. The Morgan fingerprint density at radius 1 is 1.07 bits per heavy atom. The van der Waals surface area contributed by atoms with Gasteiger partial charge in [-0.1, -0.05) is 39.0 Å². The van der Waals surface area contributed by atoms with E-state index >= 15 is 0 Å². The molecule has 43 heavy (non-hydrogen) atoms. The Bertz CT molecular complexity index is 1780. The minimum atomic E-state index is -0.426. The van der Waals surface area contributed by atoms with Crippen LogP contribution in [0.3, 0.4) is 0 Å². The molecule has 2 aromatic heterocycles. The van der Waals surface area contributed by atoms with Gasteiger partial charge in [-0.25, -0.2) is 4.39 Å².